The minimum Gasteiger partial charge on any atom is -0.346 e. The smallest absolute Gasteiger partial charge is 0.272 e. The van der Waals surface area contributed by atoms with E-state index in [9.17, 15) is 4.79 Å². The number of thiazole rings is 1. The van der Waals surface area contributed by atoms with Crippen LogP contribution >= 0.6 is 11.3 Å². The van der Waals surface area contributed by atoms with Crippen LogP contribution in [0.3, 0.4) is 0 Å². The molecule has 2 aromatic rings. The molecular weight excluding hydrogens is 286 g/mol. The van der Waals surface area contributed by atoms with Gasteiger partial charge in [-0.1, -0.05) is 0 Å². The van der Waals surface area contributed by atoms with Gasteiger partial charge in [0.2, 0.25) is 0 Å². The maximum Gasteiger partial charge on any atom is 0.272 e. The molecule has 112 valence electrons. The van der Waals surface area contributed by atoms with E-state index in [1.54, 1.807) is 28.3 Å². The molecule has 1 aliphatic rings. The quantitative estimate of drug-likeness (QED) is 0.935. The van der Waals surface area contributed by atoms with Crippen LogP contribution in [0.25, 0.3) is 0 Å². The Morgan fingerprint density at radius 3 is 3.05 bits per heavy atom. The van der Waals surface area contributed by atoms with Gasteiger partial charge in [0.25, 0.3) is 5.91 Å². The van der Waals surface area contributed by atoms with Crippen LogP contribution in [-0.2, 0) is 7.05 Å². The van der Waals surface area contributed by atoms with E-state index in [-0.39, 0.29) is 11.9 Å². The van der Waals surface area contributed by atoms with Crippen molar-refractivity contribution >= 4 is 22.4 Å². The third kappa shape index (κ3) is 3.24. The zero-order valence-electron chi connectivity index (χ0n) is 12.2. The van der Waals surface area contributed by atoms with Crippen LogP contribution in [0.1, 0.15) is 28.2 Å². The van der Waals surface area contributed by atoms with Gasteiger partial charge in [0.05, 0.1) is 0 Å². The molecule has 0 aromatic carbocycles. The Hall–Kier alpha value is -1.89. The lowest BCUT2D eigenvalue weighted by Gasteiger charge is -2.32. The summed E-state index contributed by atoms with van der Waals surface area (Å²) in [6.07, 6.45) is 5.74. The van der Waals surface area contributed by atoms with Crippen molar-refractivity contribution in [1.29, 1.82) is 0 Å². The SMILES string of the molecule is Cc1cnc(N2CCCC(NC(=O)c3ccn(C)n3)C2)s1. The molecule has 6 nitrogen and oxygen atoms in total. The highest BCUT2D eigenvalue weighted by Gasteiger charge is 2.24. The zero-order chi connectivity index (χ0) is 14.8. The summed E-state index contributed by atoms with van der Waals surface area (Å²) in [7, 11) is 1.81. The predicted molar refractivity (Wildman–Crippen MR) is 82.8 cm³/mol. The van der Waals surface area contributed by atoms with Crippen molar-refractivity contribution in [3.05, 3.63) is 29.0 Å². The number of aryl methyl sites for hydroxylation is 2. The molecule has 1 saturated heterocycles. The van der Waals surface area contributed by atoms with E-state index >= 15 is 0 Å². The molecule has 2 aromatic heterocycles. The maximum atomic E-state index is 12.2. The van der Waals surface area contributed by atoms with Crippen LogP contribution in [0, 0.1) is 6.92 Å². The van der Waals surface area contributed by atoms with Crippen molar-refractivity contribution in [2.45, 2.75) is 25.8 Å². The molecule has 0 aliphatic carbocycles. The fourth-order valence-electron chi connectivity index (χ4n) is 2.55. The van der Waals surface area contributed by atoms with Crippen molar-refractivity contribution in [2.24, 2.45) is 7.05 Å². The average Bonchev–Trinajstić information content (AvgIpc) is 3.08. The minimum absolute atomic E-state index is 0.0993. The highest BCUT2D eigenvalue weighted by atomic mass is 32.1. The van der Waals surface area contributed by atoms with E-state index in [4.69, 9.17) is 0 Å². The molecule has 1 N–H and O–H groups in total. The lowest BCUT2D eigenvalue weighted by atomic mass is 10.1. The van der Waals surface area contributed by atoms with Crippen LogP contribution in [0.5, 0.6) is 0 Å². The van der Waals surface area contributed by atoms with Gasteiger partial charge in [-0.25, -0.2) is 4.98 Å². The summed E-state index contributed by atoms with van der Waals surface area (Å²) in [5.41, 5.74) is 0.472. The number of carbonyl (C=O) groups is 1. The molecule has 7 heteroatoms. The van der Waals surface area contributed by atoms with E-state index < -0.39 is 0 Å². The second kappa shape index (κ2) is 5.85. The van der Waals surface area contributed by atoms with Gasteiger partial charge in [-0.2, -0.15) is 5.10 Å². The molecule has 0 spiro atoms. The molecule has 1 aliphatic heterocycles. The van der Waals surface area contributed by atoms with Crippen molar-refractivity contribution in [2.75, 3.05) is 18.0 Å². The highest BCUT2D eigenvalue weighted by molar-refractivity contribution is 7.15. The first kappa shape index (κ1) is 14.1. The van der Waals surface area contributed by atoms with E-state index in [0.29, 0.717) is 5.69 Å². The number of nitrogens with zero attached hydrogens (tertiary/aromatic N) is 4. The Morgan fingerprint density at radius 1 is 1.52 bits per heavy atom. The van der Waals surface area contributed by atoms with Gasteiger partial charge in [0, 0.05) is 43.4 Å². The van der Waals surface area contributed by atoms with Crippen molar-refractivity contribution in [3.63, 3.8) is 0 Å². The first-order valence-electron chi connectivity index (χ1n) is 7.10. The first-order valence-corrected chi connectivity index (χ1v) is 7.91. The predicted octanol–water partition coefficient (Wildman–Crippen LogP) is 1.58. The molecule has 0 bridgehead atoms. The number of hydrogen-bond donors (Lipinski definition) is 1. The largest absolute Gasteiger partial charge is 0.346 e. The minimum atomic E-state index is -0.0993. The first-order chi connectivity index (χ1) is 10.1. The molecule has 0 saturated carbocycles. The van der Waals surface area contributed by atoms with E-state index in [1.807, 2.05) is 13.2 Å². The van der Waals surface area contributed by atoms with Crippen LogP contribution in [0.15, 0.2) is 18.5 Å². The summed E-state index contributed by atoms with van der Waals surface area (Å²) in [4.78, 5) is 20.1. The number of amides is 1. The Bertz CT molecular complexity index is 635. The summed E-state index contributed by atoms with van der Waals surface area (Å²) < 4.78 is 1.64. The summed E-state index contributed by atoms with van der Waals surface area (Å²) in [5.74, 6) is -0.0993. The van der Waals surface area contributed by atoms with Gasteiger partial charge in [0.1, 0.15) is 5.69 Å². The van der Waals surface area contributed by atoms with Gasteiger partial charge in [-0.05, 0) is 25.8 Å². The standard InChI is InChI=1S/C14H19N5OS/c1-10-8-15-14(21-10)19-6-3-4-11(9-19)16-13(20)12-5-7-18(2)17-12/h5,7-8,11H,3-4,6,9H2,1-2H3,(H,16,20). The third-order valence-electron chi connectivity index (χ3n) is 3.58. The number of anilines is 1. The molecular formula is C14H19N5OS. The summed E-state index contributed by atoms with van der Waals surface area (Å²) in [6.45, 7) is 3.87. The number of rotatable bonds is 3. The molecule has 1 fully saturated rings. The fourth-order valence-corrected chi connectivity index (χ4v) is 3.35. The summed E-state index contributed by atoms with van der Waals surface area (Å²) >= 11 is 1.70. The van der Waals surface area contributed by atoms with Crippen LogP contribution in [0.2, 0.25) is 0 Å². The second-order valence-corrected chi connectivity index (χ2v) is 6.60. The topological polar surface area (TPSA) is 63.1 Å². The Labute approximate surface area is 127 Å². The maximum absolute atomic E-state index is 12.2. The summed E-state index contributed by atoms with van der Waals surface area (Å²) in [5, 5.41) is 8.26. The Kier molecular flexibility index (Phi) is 3.92. The molecule has 3 heterocycles. The number of piperidine rings is 1. The number of nitrogens with one attached hydrogen (secondary N) is 1. The molecule has 1 atom stereocenters. The van der Waals surface area contributed by atoms with Crippen molar-refractivity contribution in [1.82, 2.24) is 20.1 Å². The summed E-state index contributed by atoms with van der Waals surface area (Å²) in [6, 6.07) is 1.89. The lowest BCUT2D eigenvalue weighted by molar-refractivity contribution is 0.0927. The Morgan fingerprint density at radius 2 is 2.38 bits per heavy atom. The number of carbonyl (C=O) groups excluding carboxylic acids is 1. The number of aromatic nitrogens is 3. The second-order valence-electron chi connectivity index (χ2n) is 5.39. The van der Waals surface area contributed by atoms with E-state index in [1.165, 1.54) is 4.88 Å². The van der Waals surface area contributed by atoms with E-state index in [0.717, 1.165) is 31.1 Å². The Balaban J connectivity index is 1.62. The molecule has 1 unspecified atom stereocenters. The van der Waals surface area contributed by atoms with Crippen molar-refractivity contribution in [3.8, 4) is 0 Å². The molecule has 3 rings (SSSR count). The third-order valence-corrected chi connectivity index (χ3v) is 4.56. The fraction of sp³-hybridized carbons (Fsp3) is 0.500. The van der Waals surface area contributed by atoms with Crippen LogP contribution < -0.4 is 10.2 Å². The average molecular weight is 305 g/mol. The lowest BCUT2D eigenvalue weighted by Crippen LogP contribution is -2.47. The number of hydrogen-bond acceptors (Lipinski definition) is 5. The molecule has 1 amide bonds. The molecule has 21 heavy (non-hydrogen) atoms. The highest BCUT2D eigenvalue weighted by Crippen LogP contribution is 2.24. The monoisotopic (exact) mass is 305 g/mol. The molecule has 0 radical (unpaired) electrons. The zero-order valence-corrected chi connectivity index (χ0v) is 13.1. The van der Waals surface area contributed by atoms with Gasteiger partial charge >= 0.3 is 0 Å². The van der Waals surface area contributed by atoms with Gasteiger partial charge in [-0.15, -0.1) is 11.3 Å². The van der Waals surface area contributed by atoms with Crippen LogP contribution in [-0.4, -0.2) is 39.8 Å². The van der Waals surface area contributed by atoms with E-state index in [2.05, 4.69) is 27.2 Å². The van der Waals surface area contributed by atoms with Gasteiger partial charge in [0.15, 0.2) is 5.13 Å². The van der Waals surface area contributed by atoms with Gasteiger partial charge in [-0.3, -0.25) is 9.48 Å². The van der Waals surface area contributed by atoms with Crippen molar-refractivity contribution < 1.29 is 4.79 Å². The van der Waals surface area contributed by atoms with Crippen LogP contribution in [0.4, 0.5) is 5.13 Å². The van der Waals surface area contributed by atoms with Gasteiger partial charge < -0.3 is 10.2 Å². The normalized spacial score (nSPS) is 18.8.